The Labute approximate surface area is 270 Å². The first kappa shape index (κ1) is 34.3. The van der Waals surface area contributed by atoms with Crippen molar-refractivity contribution in [3.8, 4) is 11.5 Å². The third kappa shape index (κ3) is 6.66. The normalized spacial score (nSPS) is 22.7. The van der Waals surface area contributed by atoms with Crippen molar-refractivity contribution in [2.75, 3.05) is 0 Å². The molecule has 42 heavy (non-hydrogen) atoms. The summed E-state index contributed by atoms with van der Waals surface area (Å²) in [5.41, 5.74) is 5.08. The van der Waals surface area contributed by atoms with Gasteiger partial charge in [-0.1, -0.05) is 0 Å². The first-order chi connectivity index (χ1) is 18.6. The summed E-state index contributed by atoms with van der Waals surface area (Å²) in [5, 5.41) is 22.6. The largest absolute Gasteiger partial charge is 1.00 e. The molecule has 1 saturated heterocycles. The molecule has 0 bridgehead atoms. The fourth-order valence-electron chi connectivity index (χ4n) is 4.96. The number of fused-ring (bicyclic) bond motifs is 1. The molecule has 0 saturated carbocycles. The second-order valence-electron chi connectivity index (χ2n) is 15.5. The van der Waals surface area contributed by atoms with E-state index >= 15 is 0 Å². The molecule has 2 unspecified atom stereocenters. The van der Waals surface area contributed by atoms with E-state index in [4.69, 9.17) is 9.98 Å². The average Bonchev–Trinajstić information content (AvgIpc) is 3.49. The smallest absolute Gasteiger partial charge is 1.00 e. The molecule has 1 aliphatic heterocycles. The molecule has 2 aliphatic rings. The van der Waals surface area contributed by atoms with E-state index in [2.05, 4.69) is 120 Å². The molecule has 0 amide bonds. The zero-order valence-corrected chi connectivity index (χ0v) is 29.9. The van der Waals surface area contributed by atoms with Crippen molar-refractivity contribution in [3.63, 3.8) is 0 Å². The van der Waals surface area contributed by atoms with Crippen LogP contribution < -0.4 is 17.0 Å². The van der Waals surface area contributed by atoms with E-state index in [0.29, 0.717) is 0 Å². The Morgan fingerprint density at radius 2 is 0.905 bits per heavy atom. The molecule has 1 heterocycles. The van der Waals surface area contributed by atoms with Crippen LogP contribution in [0.2, 0.25) is 0 Å². The molecular formula is C36H48BrCoN2O2. The van der Waals surface area contributed by atoms with E-state index in [1.165, 1.54) is 11.1 Å². The molecule has 0 radical (unpaired) electrons. The minimum absolute atomic E-state index is 0. The van der Waals surface area contributed by atoms with Crippen molar-refractivity contribution in [2.45, 2.75) is 114 Å². The molecule has 2 aromatic carbocycles. The van der Waals surface area contributed by atoms with Gasteiger partial charge in [0.05, 0.1) is 0 Å². The van der Waals surface area contributed by atoms with Crippen molar-refractivity contribution in [1.82, 2.24) is 0 Å². The number of phenolic OH excluding ortho intramolecular Hbond substituents is 2. The molecule has 2 atom stereocenters. The number of rotatable bonds is 4. The van der Waals surface area contributed by atoms with Crippen LogP contribution in [-0.4, -0.2) is 31.6 Å². The van der Waals surface area contributed by atoms with Crippen LogP contribution in [0.4, 0.5) is 0 Å². The third-order valence-corrected chi connectivity index (χ3v) is 9.76. The van der Waals surface area contributed by atoms with Crippen molar-refractivity contribution in [2.24, 2.45) is 9.98 Å². The van der Waals surface area contributed by atoms with Gasteiger partial charge in [0.25, 0.3) is 0 Å². The van der Waals surface area contributed by atoms with Gasteiger partial charge in [0.1, 0.15) is 0 Å². The van der Waals surface area contributed by atoms with E-state index < -0.39 is 8.95 Å². The molecule has 4 rings (SSSR count). The second-order valence-corrected chi connectivity index (χ2v) is 17.4. The third-order valence-electron chi connectivity index (χ3n) is 7.82. The predicted molar refractivity (Wildman–Crippen MR) is 170 cm³/mol. The Morgan fingerprint density at radius 3 is 1.19 bits per heavy atom. The van der Waals surface area contributed by atoms with E-state index in [0.717, 1.165) is 37.0 Å². The first-order valence-electron chi connectivity index (χ1n) is 14.5. The maximum atomic E-state index is 11.3. The number of benzene rings is 2. The number of aliphatic imine (C=N–C) groups is 2. The average molecular weight is 680 g/mol. The zero-order valence-electron chi connectivity index (χ0n) is 27.3. The van der Waals surface area contributed by atoms with Crippen LogP contribution in [-0.2, 0) is 36.4 Å². The minimum Gasteiger partial charge on any atom is -1.00 e. The number of hydrogen-bond donors (Lipinski definition) is 2. The van der Waals surface area contributed by atoms with Crippen molar-refractivity contribution < 1.29 is 41.9 Å². The van der Waals surface area contributed by atoms with Gasteiger partial charge in [-0.3, -0.25) is 0 Å². The number of hydrogen-bond acceptors (Lipinski definition) is 4. The molecule has 6 heteroatoms. The summed E-state index contributed by atoms with van der Waals surface area (Å²) >= 11 is 1.08. The summed E-state index contributed by atoms with van der Waals surface area (Å²) in [5.74, 6) is 0.566. The molecule has 0 spiro atoms. The molecule has 4 nitrogen and oxygen atoms in total. The molecule has 0 aromatic heterocycles. The first-order valence-corrected chi connectivity index (χ1v) is 15.5. The molecule has 2 N–H and O–H groups in total. The molecular weight excluding hydrogens is 631 g/mol. The Morgan fingerprint density at radius 1 is 0.571 bits per heavy atom. The van der Waals surface area contributed by atoms with Crippen LogP contribution in [0, 0.1) is 0 Å². The Bertz CT molecular complexity index is 1360. The molecule has 1 aliphatic carbocycles. The second kappa shape index (κ2) is 11.1. The predicted octanol–water partition coefficient (Wildman–Crippen LogP) is 5.44. The van der Waals surface area contributed by atoms with E-state index in [9.17, 15) is 10.2 Å². The number of halogens is 1. The van der Waals surface area contributed by atoms with Gasteiger partial charge in [-0.2, -0.15) is 0 Å². The molecule has 230 valence electrons. The van der Waals surface area contributed by atoms with Gasteiger partial charge >= 0.3 is 254 Å². The van der Waals surface area contributed by atoms with E-state index in [1.807, 2.05) is 24.6 Å². The van der Waals surface area contributed by atoms with E-state index in [1.54, 1.807) is 0 Å². The van der Waals surface area contributed by atoms with Crippen LogP contribution in [0.25, 0.3) is 0 Å². The quantitative estimate of drug-likeness (QED) is 0.423. The molecule has 2 aromatic rings. The van der Waals surface area contributed by atoms with Gasteiger partial charge in [-0.25, -0.2) is 0 Å². The van der Waals surface area contributed by atoms with Gasteiger partial charge in [-0.05, 0) is 0 Å². The summed E-state index contributed by atoms with van der Waals surface area (Å²) in [6.45, 7) is 25.9. The topological polar surface area (TPSA) is 65.2 Å². The fraction of sp³-hybridized carbons (Fsp3) is 0.500. The Balaban J connectivity index is 0.00000484. The van der Waals surface area contributed by atoms with Crippen LogP contribution >= 0.6 is 0 Å². The number of aromatic hydroxyl groups is 2. The van der Waals surface area contributed by atoms with Crippen LogP contribution in [0.5, 0.6) is 11.5 Å². The Hall–Kier alpha value is -2.15. The summed E-state index contributed by atoms with van der Waals surface area (Å²) < 4.78 is -1.10. The van der Waals surface area contributed by atoms with Gasteiger partial charge in [0, 0.05) is 0 Å². The molecule has 1 fully saturated rings. The fourth-order valence-corrected chi connectivity index (χ4v) is 6.45. The van der Waals surface area contributed by atoms with Crippen molar-refractivity contribution >= 4 is 12.4 Å². The van der Waals surface area contributed by atoms with Gasteiger partial charge in [-0.15, -0.1) is 0 Å². The van der Waals surface area contributed by atoms with Crippen LogP contribution in [0.1, 0.15) is 116 Å². The van der Waals surface area contributed by atoms with Gasteiger partial charge in [0.2, 0.25) is 0 Å². The number of nitrogens with zero attached hydrogens (tertiary/aromatic N) is 2. The van der Waals surface area contributed by atoms with Crippen LogP contribution in [0.15, 0.2) is 58.6 Å². The summed E-state index contributed by atoms with van der Waals surface area (Å²) in [6, 6.07) is 8.37. The standard InChI is InChI=1S/C36H48N2O2.BrH.Co/c1-33(2,3)25-17-23(31(39)27(19-25)35(7,8)9)21-37-29-15-13-14-16-30(29)38-22-24-18-26(34(4,5)6)20-28(32(24)40)36(10,11)12;;/h13-22,39-40H,1-12H3;1H;/q;;+1/p-1. The SMILES string of the molecule is CC(C)(C)c1cc(C=N[C]23C=CC=C[C]2(N=Cc2cc(C(C)(C)C)cc(C(C)(C)C)c2O)[Co+]3)c(O)c(C(C)(C)C)c1.[Br-]. The van der Waals surface area contributed by atoms with Gasteiger partial charge in [0.15, 0.2) is 0 Å². The zero-order chi connectivity index (χ0) is 30.8. The maximum absolute atomic E-state index is 11.3. The van der Waals surface area contributed by atoms with E-state index in [-0.39, 0.29) is 50.1 Å². The minimum atomic E-state index is -0.551. The summed E-state index contributed by atoms with van der Waals surface area (Å²) in [7, 11) is 0. The monoisotopic (exact) mass is 678 g/mol. The van der Waals surface area contributed by atoms with Crippen LogP contribution in [0.3, 0.4) is 0 Å². The Kier molecular flexibility index (Phi) is 9.06. The maximum Gasteiger partial charge on any atom is -1.00 e. The van der Waals surface area contributed by atoms with Gasteiger partial charge < -0.3 is 17.0 Å². The summed E-state index contributed by atoms with van der Waals surface area (Å²) in [4.78, 5) is 10.1. The number of phenols is 2. The van der Waals surface area contributed by atoms with Crippen molar-refractivity contribution in [1.29, 1.82) is 0 Å². The number of allylic oxidation sites excluding steroid dienone is 2. The summed E-state index contributed by atoms with van der Waals surface area (Å²) in [6.07, 6.45) is 11.9. The van der Waals surface area contributed by atoms with Crippen molar-refractivity contribution in [3.05, 3.63) is 82.0 Å².